The lowest BCUT2D eigenvalue weighted by molar-refractivity contribution is 1.21. The van der Waals surface area contributed by atoms with E-state index in [-0.39, 0.29) is 0 Å². The van der Waals surface area contributed by atoms with Gasteiger partial charge in [-0.15, -0.1) is 0 Å². The standard InChI is InChI=1S/C18H14N2.C2H6/c1-20(17-8-4-5-14(11-17)13-19)18-10-9-15-6-2-3-7-16(15)12-18;1-2/h2-12H,1H3;1-2H3. The summed E-state index contributed by atoms with van der Waals surface area (Å²) in [5, 5.41) is 11.4. The maximum Gasteiger partial charge on any atom is 0.0992 e. The predicted molar refractivity (Wildman–Crippen MR) is 94.5 cm³/mol. The highest BCUT2D eigenvalue weighted by Gasteiger charge is 2.05. The molecule has 0 unspecified atom stereocenters. The normalized spacial score (nSPS) is 9.55. The van der Waals surface area contributed by atoms with Crippen molar-refractivity contribution >= 4 is 22.1 Å². The maximum absolute atomic E-state index is 8.99. The van der Waals surface area contributed by atoms with Crippen LogP contribution >= 0.6 is 0 Å². The van der Waals surface area contributed by atoms with Gasteiger partial charge in [0.1, 0.15) is 0 Å². The summed E-state index contributed by atoms with van der Waals surface area (Å²) in [4.78, 5) is 2.09. The first-order valence-corrected chi connectivity index (χ1v) is 7.50. The van der Waals surface area contributed by atoms with E-state index >= 15 is 0 Å². The Balaban J connectivity index is 0.000000847. The summed E-state index contributed by atoms with van der Waals surface area (Å²) in [5.74, 6) is 0. The number of rotatable bonds is 2. The van der Waals surface area contributed by atoms with Crippen molar-refractivity contribution in [1.29, 1.82) is 5.26 Å². The molecular formula is C20H20N2. The minimum Gasteiger partial charge on any atom is -0.345 e. The van der Waals surface area contributed by atoms with Crippen LogP contribution in [0.25, 0.3) is 10.8 Å². The van der Waals surface area contributed by atoms with E-state index < -0.39 is 0 Å². The van der Waals surface area contributed by atoms with Crippen molar-refractivity contribution in [3.05, 3.63) is 72.3 Å². The second-order valence-corrected chi connectivity index (χ2v) is 4.75. The van der Waals surface area contributed by atoms with Crippen LogP contribution in [0.2, 0.25) is 0 Å². The highest BCUT2D eigenvalue weighted by Crippen LogP contribution is 2.27. The molecule has 110 valence electrons. The number of benzene rings is 3. The Hall–Kier alpha value is -2.79. The first kappa shape index (κ1) is 15.6. The zero-order chi connectivity index (χ0) is 15.9. The summed E-state index contributed by atoms with van der Waals surface area (Å²) in [6.45, 7) is 4.00. The molecule has 0 bridgehead atoms. The van der Waals surface area contributed by atoms with Gasteiger partial charge in [0, 0.05) is 18.4 Å². The lowest BCUT2D eigenvalue weighted by Gasteiger charge is -2.20. The number of nitrogens with zero attached hydrogens (tertiary/aromatic N) is 2. The summed E-state index contributed by atoms with van der Waals surface area (Å²) < 4.78 is 0. The van der Waals surface area contributed by atoms with Crippen molar-refractivity contribution in [3.63, 3.8) is 0 Å². The molecule has 0 amide bonds. The Kier molecular flexibility index (Phi) is 5.16. The second kappa shape index (κ2) is 7.28. The number of hydrogen-bond donors (Lipinski definition) is 0. The third kappa shape index (κ3) is 3.27. The average Bonchev–Trinajstić information content (AvgIpc) is 2.62. The van der Waals surface area contributed by atoms with Crippen molar-refractivity contribution < 1.29 is 0 Å². The van der Waals surface area contributed by atoms with Crippen LogP contribution in [0, 0.1) is 11.3 Å². The molecule has 0 saturated heterocycles. The van der Waals surface area contributed by atoms with E-state index in [0.717, 1.165) is 11.4 Å². The van der Waals surface area contributed by atoms with Gasteiger partial charge in [0.05, 0.1) is 11.6 Å². The fourth-order valence-electron chi connectivity index (χ4n) is 2.32. The molecule has 0 saturated carbocycles. The molecule has 22 heavy (non-hydrogen) atoms. The Bertz CT molecular complexity index is 800. The SMILES string of the molecule is CC.CN(c1cccc(C#N)c1)c1ccc2ccccc2c1. The van der Waals surface area contributed by atoms with E-state index in [1.807, 2.05) is 57.3 Å². The Labute approximate surface area is 132 Å². The molecule has 0 aliphatic heterocycles. The molecule has 0 fully saturated rings. The van der Waals surface area contributed by atoms with E-state index in [1.54, 1.807) is 0 Å². The summed E-state index contributed by atoms with van der Waals surface area (Å²) in [5.41, 5.74) is 2.80. The molecule has 0 aliphatic rings. The average molecular weight is 288 g/mol. The van der Waals surface area contributed by atoms with Gasteiger partial charge in [0.15, 0.2) is 0 Å². The molecule has 2 nitrogen and oxygen atoms in total. The van der Waals surface area contributed by atoms with E-state index in [0.29, 0.717) is 5.56 Å². The molecule has 2 heteroatoms. The molecule has 0 spiro atoms. The lowest BCUT2D eigenvalue weighted by atomic mass is 10.1. The van der Waals surface area contributed by atoms with E-state index in [1.165, 1.54) is 10.8 Å². The second-order valence-electron chi connectivity index (χ2n) is 4.75. The zero-order valence-electron chi connectivity index (χ0n) is 13.2. The monoisotopic (exact) mass is 288 g/mol. The van der Waals surface area contributed by atoms with Gasteiger partial charge in [-0.2, -0.15) is 5.26 Å². The molecule has 3 rings (SSSR count). The lowest BCUT2D eigenvalue weighted by Crippen LogP contribution is -2.09. The first-order chi connectivity index (χ1) is 10.8. The highest BCUT2D eigenvalue weighted by atomic mass is 15.1. The Morgan fingerprint density at radius 2 is 1.45 bits per heavy atom. The largest absolute Gasteiger partial charge is 0.345 e. The summed E-state index contributed by atoms with van der Waals surface area (Å²) in [6, 6.07) is 24.5. The van der Waals surface area contributed by atoms with Crippen LogP contribution in [0.3, 0.4) is 0 Å². The zero-order valence-corrected chi connectivity index (χ0v) is 13.2. The van der Waals surface area contributed by atoms with Crippen molar-refractivity contribution in [3.8, 4) is 6.07 Å². The molecule has 3 aromatic rings. The van der Waals surface area contributed by atoms with E-state index in [4.69, 9.17) is 5.26 Å². The van der Waals surface area contributed by atoms with Crippen LogP contribution in [0.5, 0.6) is 0 Å². The van der Waals surface area contributed by atoms with Gasteiger partial charge in [-0.3, -0.25) is 0 Å². The van der Waals surface area contributed by atoms with Crippen molar-refractivity contribution in [2.75, 3.05) is 11.9 Å². The fraction of sp³-hybridized carbons (Fsp3) is 0.150. The van der Waals surface area contributed by atoms with Crippen LogP contribution in [0.15, 0.2) is 66.7 Å². The van der Waals surface area contributed by atoms with Crippen LogP contribution in [-0.2, 0) is 0 Å². The van der Waals surface area contributed by atoms with Gasteiger partial charge in [0.2, 0.25) is 0 Å². The van der Waals surface area contributed by atoms with Crippen LogP contribution in [-0.4, -0.2) is 7.05 Å². The summed E-state index contributed by atoms with van der Waals surface area (Å²) >= 11 is 0. The third-order valence-electron chi connectivity index (χ3n) is 3.48. The van der Waals surface area contributed by atoms with Crippen molar-refractivity contribution in [1.82, 2.24) is 0 Å². The molecule has 0 N–H and O–H groups in total. The fourth-order valence-corrected chi connectivity index (χ4v) is 2.32. The predicted octanol–water partition coefficient (Wildman–Crippen LogP) is 5.51. The minimum atomic E-state index is 0.676. The highest BCUT2D eigenvalue weighted by molar-refractivity contribution is 5.86. The van der Waals surface area contributed by atoms with Gasteiger partial charge < -0.3 is 4.90 Å². The quantitative estimate of drug-likeness (QED) is 0.622. The van der Waals surface area contributed by atoms with Crippen LogP contribution in [0.1, 0.15) is 19.4 Å². The molecule has 0 radical (unpaired) electrons. The van der Waals surface area contributed by atoms with Crippen molar-refractivity contribution in [2.24, 2.45) is 0 Å². The van der Waals surface area contributed by atoms with Gasteiger partial charge in [-0.1, -0.05) is 50.2 Å². The summed E-state index contributed by atoms with van der Waals surface area (Å²) in [6.07, 6.45) is 0. The summed E-state index contributed by atoms with van der Waals surface area (Å²) in [7, 11) is 2.01. The number of fused-ring (bicyclic) bond motifs is 1. The first-order valence-electron chi connectivity index (χ1n) is 7.50. The molecule has 3 aromatic carbocycles. The smallest absolute Gasteiger partial charge is 0.0992 e. The van der Waals surface area contributed by atoms with E-state index in [9.17, 15) is 0 Å². The van der Waals surface area contributed by atoms with Crippen LogP contribution < -0.4 is 4.90 Å². The molecule has 0 atom stereocenters. The van der Waals surface area contributed by atoms with Gasteiger partial charge in [-0.25, -0.2) is 0 Å². The maximum atomic E-state index is 8.99. The topological polar surface area (TPSA) is 27.0 Å². The van der Waals surface area contributed by atoms with Crippen LogP contribution in [0.4, 0.5) is 11.4 Å². The Morgan fingerprint density at radius 1 is 0.773 bits per heavy atom. The Morgan fingerprint density at radius 3 is 2.18 bits per heavy atom. The number of hydrogen-bond acceptors (Lipinski definition) is 2. The molecule has 0 heterocycles. The minimum absolute atomic E-state index is 0.676. The van der Waals surface area contributed by atoms with Crippen molar-refractivity contribution in [2.45, 2.75) is 13.8 Å². The molecule has 0 aliphatic carbocycles. The van der Waals surface area contributed by atoms with E-state index in [2.05, 4.69) is 41.3 Å². The van der Waals surface area contributed by atoms with Gasteiger partial charge in [0.25, 0.3) is 0 Å². The number of nitriles is 1. The molecular weight excluding hydrogens is 268 g/mol. The number of anilines is 2. The van der Waals surface area contributed by atoms with Gasteiger partial charge in [-0.05, 0) is 41.1 Å². The third-order valence-corrected chi connectivity index (χ3v) is 3.48. The molecule has 0 aromatic heterocycles. The van der Waals surface area contributed by atoms with Gasteiger partial charge >= 0.3 is 0 Å².